The Labute approximate surface area is 95.0 Å². The van der Waals surface area contributed by atoms with Gasteiger partial charge in [0.05, 0.1) is 5.92 Å². The van der Waals surface area contributed by atoms with Gasteiger partial charge in [-0.3, -0.25) is 9.59 Å². The lowest BCUT2D eigenvalue weighted by Crippen LogP contribution is -2.41. The maximum atomic E-state index is 12.1. The zero-order valence-electron chi connectivity index (χ0n) is 9.56. The summed E-state index contributed by atoms with van der Waals surface area (Å²) < 4.78 is 0. The first kappa shape index (κ1) is 11.4. The van der Waals surface area contributed by atoms with Crippen molar-refractivity contribution >= 4 is 11.9 Å². The quantitative estimate of drug-likeness (QED) is 0.733. The van der Waals surface area contributed by atoms with Gasteiger partial charge in [0, 0.05) is 12.6 Å². The minimum atomic E-state index is -0.911. The summed E-state index contributed by atoms with van der Waals surface area (Å²) in [6.45, 7) is 1.56. The molecule has 0 radical (unpaired) electrons. The fourth-order valence-corrected chi connectivity index (χ4v) is 2.29. The zero-order valence-corrected chi connectivity index (χ0v) is 9.56. The van der Waals surface area contributed by atoms with Crippen molar-refractivity contribution in [3.63, 3.8) is 0 Å². The molecule has 5 nitrogen and oxygen atoms in total. The summed E-state index contributed by atoms with van der Waals surface area (Å²) in [6.07, 6.45) is 2.78. The Kier molecular flexibility index (Phi) is 3.14. The van der Waals surface area contributed by atoms with Crippen molar-refractivity contribution in [2.24, 2.45) is 5.92 Å². The first-order valence-electron chi connectivity index (χ1n) is 5.78. The summed E-state index contributed by atoms with van der Waals surface area (Å²) >= 11 is 0. The third-order valence-electron chi connectivity index (χ3n) is 3.32. The van der Waals surface area contributed by atoms with E-state index in [9.17, 15) is 9.59 Å². The Bertz CT molecular complexity index is 302. The number of carbonyl (C=O) groups is 2. The molecule has 0 aromatic carbocycles. The highest BCUT2D eigenvalue weighted by molar-refractivity contribution is 5.84. The smallest absolute Gasteiger partial charge is 0.323 e. The van der Waals surface area contributed by atoms with Crippen molar-refractivity contribution in [2.75, 3.05) is 26.7 Å². The van der Waals surface area contributed by atoms with E-state index in [1.54, 1.807) is 4.90 Å². The summed E-state index contributed by atoms with van der Waals surface area (Å²) in [5.74, 6) is -0.870. The van der Waals surface area contributed by atoms with E-state index in [-0.39, 0.29) is 24.4 Å². The SMILES string of the molecule is CN1CCC(C(=O)N(CC(=O)O)C2CC2)C1. The van der Waals surface area contributed by atoms with Crippen molar-refractivity contribution in [2.45, 2.75) is 25.3 Å². The zero-order chi connectivity index (χ0) is 11.7. The molecular formula is C11H18N2O3. The van der Waals surface area contributed by atoms with E-state index in [2.05, 4.69) is 4.90 Å². The van der Waals surface area contributed by atoms with Gasteiger partial charge in [0.15, 0.2) is 0 Å². The van der Waals surface area contributed by atoms with E-state index < -0.39 is 5.97 Å². The molecule has 0 bridgehead atoms. The molecule has 1 aliphatic carbocycles. The second-order valence-corrected chi connectivity index (χ2v) is 4.84. The average Bonchev–Trinajstić information content (AvgIpc) is 2.96. The van der Waals surface area contributed by atoms with Crippen LogP contribution in [0, 0.1) is 5.92 Å². The molecule has 1 heterocycles. The molecule has 1 aliphatic heterocycles. The van der Waals surface area contributed by atoms with Gasteiger partial charge in [0.25, 0.3) is 0 Å². The van der Waals surface area contributed by atoms with Crippen molar-refractivity contribution in [1.29, 1.82) is 0 Å². The molecule has 0 aromatic rings. The Morgan fingerprint density at radius 1 is 1.38 bits per heavy atom. The van der Waals surface area contributed by atoms with Crippen molar-refractivity contribution in [1.82, 2.24) is 9.80 Å². The van der Waals surface area contributed by atoms with Gasteiger partial charge in [0.1, 0.15) is 6.54 Å². The first-order valence-corrected chi connectivity index (χ1v) is 5.78. The number of nitrogens with zero attached hydrogens (tertiary/aromatic N) is 2. The number of rotatable bonds is 4. The van der Waals surface area contributed by atoms with Crippen molar-refractivity contribution in [3.05, 3.63) is 0 Å². The highest BCUT2D eigenvalue weighted by atomic mass is 16.4. The van der Waals surface area contributed by atoms with Gasteiger partial charge < -0.3 is 14.9 Å². The van der Waals surface area contributed by atoms with Crippen LogP contribution >= 0.6 is 0 Å². The molecule has 0 aromatic heterocycles. The molecule has 2 rings (SSSR count). The van der Waals surface area contributed by atoms with Gasteiger partial charge in [-0.1, -0.05) is 0 Å². The van der Waals surface area contributed by atoms with E-state index >= 15 is 0 Å². The Balaban J connectivity index is 1.96. The van der Waals surface area contributed by atoms with Gasteiger partial charge in [-0.15, -0.1) is 0 Å². The topological polar surface area (TPSA) is 60.9 Å². The lowest BCUT2D eigenvalue weighted by molar-refractivity contribution is -0.146. The standard InChI is InChI=1S/C11H18N2O3/c1-12-5-4-8(6-12)11(16)13(7-10(14)15)9-2-3-9/h8-9H,2-7H2,1H3,(H,14,15). The number of likely N-dealkylation sites (tertiary alicyclic amines) is 1. The summed E-state index contributed by atoms with van der Waals surface area (Å²) in [4.78, 5) is 26.5. The fraction of sp³-hybridized carbons (Fsp3) is 0.818. The number of carbonyl (C=O) groups excluding carboxylic acids is 1. The average molecular weight is 226 g/mol. The van der Waals surface area contributed by atoms with Crippen LogP contribution in [0.1, 0.15) is 19.3 Å². The number of amides is 1. The molecule has 1 atom stereocenters. The second kappa shape index (κ2) is 4.41. The third-order valence-corrected chi connectivity index (χ3v) is 3.32. The largest absolute Gasteiger partial charge is 0.480 e. The van der Waals surface area contributed by atoms with Crippen LogP contribution in [-0.4, -0.2) is 59.5 Å². The maximum absolute atomic E-state index is 12.1. The Morgan fingerprint density at radius 2 is 2.06 bits per heavy atom. The lowest BCUT2D eigenvalue weighted by Gasteiger charge is -2.23. The molecule has 1 amide bonds. The van der Waals surface area contributed by atoms with Gasteiger partial charge in [-0.2, -0.15) is 0 Å². The summed E-state index contributed by atoms with van der Waals surface area (Å²) in [5.41, 5.74) is 0. The van der Waals surface area contributed by atoms with E-state index in [1.807, 2.05) is 7.05 Å². The van der Waals surface area contributed by atoms with Crippen molar-refractivity contribution < 1.29 is 14.7 Å². The number of hydrogen-bond donors (Lipinski definition) is 1. The van der Waals surface area contributed by atoms with Gasteiger partial charge in [-0.05, 0) is 32.9 Å². The molecule has 16 heavy (non-hydrogen) atoms. The highest BCUT2D eigenvalue weighted by Crippen LogP contribution is 2.29. The normalized spacial score (nSPS) is 25.7. The van der Waals surface area contributed by atoms with Crippen LogP contribution in [0.15, 0.2) is 0 Å². The van der Waals surface area contributed by atoms with Crippen LogP contribution < -0.4 is 0 Å². The summed E-state index contributed by atoms with van der Waals surface area (Å²) in [6, 6.07) is 0.189. The lowest BCUT2D eigenvalue weighted by atomic mass is 10.1. The minimum Gasteiger partial charge on any atom is -0.480 e. The van der Waals surface area contributed by atoms with E-state index in [1.165, 1.54) is 0 Å². The molecule has 5 heteroatoms. The first-order chi connectivity index (χ1) is 7.58. The van der Waals surface area contributed by atoms with Gasteiger partial charge >= 0.3 is 5.97 Å². The second-order valence-electron chi connectivity index (χ2n) is 4.84. The molecule has 0 spiro atoms. The molecule has 1 saturated carbocycles. The number of aliphatic carboxylic acids is 1. The van der Waals surface area contributed by atoms with E-state index in [0.717, 1.165) is 32.4 Å². The number of carboxylic acids is 1. The summed E-state index contributed by atoms with van der Waals surface area (Å²) in [7, 11) is 1.99. The molecule has 1 saturated heterocycles. The predicted molar refractivity (Wildman–Crippen MR) is 58.0 cm³/mol. The number of hydrogen-bond acceptors (Lipinski definition) is 3. The van der Waals surface area contributed by atoms with E-state index in [4.69, 9.17) is 5.11 Å². The number of carboxylic acid groups (broad SMARTS) is 1. The molecule has 1 N–H and O–H groups in total. The molecule has 2 fully saturated rings. The van der Waals surface area contributed by atoms with Crippen LogP contribution in [0.25, 0.3) is 0 Å². The Morgan fingerprint density at radius 3 is 2.50 bits per heavy atom. The van der Waals surface area contributed by atoms with Crippen LogP contribution in [0.3, 0.4) is 0 Å². The highest BCUT2D eigenvalue weighted by Gasteiger charge is 2.38. The molecule has 1 unspecified atom stereocenters. The van der Waals surface area contributed by atoms with Gasteiger partial charge in [-0.25, -0.2) is 0 Å². The third kappa shape index (κ3) is 2.52. The minimum absolute atomic E-state index is 0.00458. The molecule has 2 aliphatic rings. The van der Waals surface area contributed by atoms with Crippen LogP contribution in [0.4, 0.5) is 0 Å². The van der Waals surface area contributed by atoms with Crippen LogP contribution in [0.5, 0.6) is 0 Å². The van der Waals surface area contributed by atoms with Crippen LogP contribution in [-0.2, 0) is 9.59 Å². The summed E-state index contributed by atoms with van der Waals surface area (Å²) in [5, 5.41) is 8.80. The van der Waals surface area contributed by atoms with Crippen molar-refractivity contribution in [3.8, 4) is 0 Å². The fourth-order valence-electron chi connectivity index (χ4n) is 2.29. The Hall–Kier alpha value is -1.10. The van der Waals surface area contributed by atoms with E-state index in [0.29, 0.717) is 0 Å². The molecule has 90 valence electrons. The molecular weight excluding hydrogens is 208 g/mol. The van der Waals surface area contributed by atoms with Gasteiger partial charge in [0.2, 0.25) is 5.91 Å². The van der Waals surface area contributed by atoms with Crippen LogP contribution in [0.2, 0.25) is 0 Å². The monoisotopic (exact) mass is 226 g/mol. The predicted octanol–water partition coefficient (Wildman–Crippen LogP) is 0.0137. The maximum Gasteiger partial charge on any atom is 0.323 e.